The molecule has 8 heteroatoms. The van der Waals surface area contributed by atoms with Gasteiger partial charge in [0.1, 0.15) is 6.61 Å². The molecule has 2 aliphatic heterocycles. The quantitative estimate of drug-likeness (QED) is 0.403. The number of piperidine rings is 1. The fourth-order valence-electron chi connectivity index (χ4n) is 5.46. The number of carbonyl (C=O) groups excluding carboxylic acids is 1. The van der Waals surface area contributed by atoms with E-state index in [1.54, 1.807) is 12.5 Å². The van der Waals surface area contributed by atoms with E-state index in [0.717, 1.165) is 71.3 Å². The molecule has 3 aromatic heterocycles. The van der Waals surface area contributed by atoms with Crippen LogP contribution in [-0.4, -0.2) is 69.6 Å². The molecule has 1 aromatic carbocycles. The third-order valence-corrected chi connectivity index (χ3v) is 7.35. The molecule has 6 rings (SSSR count). The van der Waals surface area contributed by atoms with E-state index < -0.39 is 0 Å². The number of aromatic amines is 1. The number of ether oxygens (including phenoxy) is 1. The Kier molecular flexibility index (Phi) is 6.21. The average molecular weight is 483 g/mol. The summed E-state index contributed by atoms with van der Waals surface area (Å²) in [7, 11) is 0. The first-order valence-electron chi connectivity index (χ1n) is 12.6. The largest absolute Gasteiger partial charge is 0.461 e. The SMILES string of the molecule is Cc1cccc(-c2[nH]cnc2-c2ccc3ncc(C(=O)OCCN4CCC5NCCC5C4)cc3c2)n1. The highest BCUT2D eigenvalue weighted by atomic mass is 16.5. The van der Waals surface area contributed by atoms with Crippen molar-refractivity contribution in [3.8, 4) is 22.6 Å². The van der Waals surface area contributed by atoms with Gasteiger partial charge in [0, 0.05) is 42.0 Å². The molecule has 2 saturated heterocycles. The van der Waals surface area contributed by atoms with Crippen LogP contribution >= 0.6 is 0 Å². The van der Waals surface area contributed by atoms with Crippen LogP contribution in [0.5, 0.6) is 0 Å². The molecule has 0 radical (unpaired) electrons. The summed E-state index contributed by atoms with van der Waals surface area (Å²) in [5.74, 6) is 0.390. The summed E-state index contributed by atoms with van der Waals surface area (Å²) in [5, 5.41) is 4.45. The Balaban J connectivity index is 1.16. The number of esters is 1. The second kappa shape index (κ2) is 9.79. The molecule has 2 atom stereocenters. The van der Waals surface area contributed by atoms with E-state index in [1.807, 2.05) is 49.4 Å². The van der Waals surface area contributed by atoms with Crippen molar-refractivity contribution in [2.75, 3.05) is 32.8 Å². The molecule has 2 aliphatic rings. The van der Waals surface area contributed by atoms with Crippen LogP contribution in [0.2, 0.25) is 0 Å². The number of nitrogens with one attached hydrogen (secondary N) is 2. The first-order chi connectivity index (χ1) is 17.6. The summed E-state index contributed by atoms with van der Waals surface area (Å²) >= 11 is 0. The predicted molar refractivity (Wildman–Crippen MR) is 139 cm³/mol. The van der Waals surface area contributed by atoms with E-state index in [9.17, 15) is 4.79 Å². The number of carbonyl (C=O) groups is 1. The molecule has 5 heterocycles. The normalized spacial score (nSPS) is 19.9. The summed E-state index contributed by atoms with van der Waals surface area (Å²) in [6, 6.07) is 14.4. The number of fused-ring (bicyclic) bond motifs is 2. The Hall–Kier alpha value is -3.62. The molecule has 2 unspecified atom stereocenters. The van der Waals surface area contributed by atoms with Crippen LogP contribution in [0.15, 0.2) is 55.0 Å². The minimum absolute atomic E-state index is 0.336. The molecule has 4 aromatic rings. The van der Waals surface area contributed by atoms with Crippen molar-refractivity contribution in [2.45, 2.75) is 25.8 Å². The molecule has 0 spiro atoms. The van der Waals surface area contributed by atoms with Crippen LogP contribution in [-0.2, 0) is 4.74 Å². The van der Waals surface area contributed by atoms with Gasteiger partial charge in [0.05, 0.1) is 34.5 Å². The standard InChI is InChI=1S/C28H30N6O2/c1-18-3-2-4-25(33-18)27-26(31-17-32-27)19-5-6-23-21(13-19)14-22(15-30-23)28(35)36-12-11-34-10-8-24-20(16-34)7-9-29-24/h2-6,13-15,17,20,24,29H,7-12,16H2,1H3,(H,31,32). The molecular formula is C28H30N6O2. The molecule has 36 heavy (non-hydrogen) atoms. The fraction of sp³-hybridized carbons (Fsp3) is 0.357. The fourth-order valence-corrected chi connectivity index (χ4v) is 5.46. The summed E-state index contributed by atoms with van der Waals surface area (Å²) in [5.41, 5.74) is 5.66. The first-order valence-corrected chi connectivity index (χ1v) is 12.6. The van der Waals surface area contributed by atoms with E-state index in [2.05, 4.69) is 30.2 Å². The van der Waals surface area contributed by atoms with Crippen molar-refractivity contribution in [3.63, 3.8) is 0 Å². The summed E-state index contributed by atoms with van der Waals surface area (Å²) in [4.78, 5) is 32.1. The maximum atomic E-state index is 12.8. The molecule has 0 bridgehead atoms. The lowest BCUT2D eigenvalue weighted by atomic mass is 9.93. The van der Waals surface area contributed by atoms with E-state index in [1.165, 1.54) is 12.8 Å². The number of aryl methyl sites for hydroxylation is 1. The lowest BCUT2D eigenvalue weighted by molar-refractivity contribution is 0.0430. The Morgan fingerprint density at radius 3 is 3.03 bits per heavy atom. The van der Waals surface area contributed by atoms with Gasteiger partial charge in [-0.1, -0.05) is 12.1 Å². The van der Waals surface area contributed by atoms with Crippen molar-refractivity contribution < 1.29 is 9.53 Å². The topological polar surface area (TPSA) is 96.0 Å². The Morgan fingerprint density at radius 2 is 2.11 bits per heavy atom. The van der Waals surface area contributed by atoms with Crippen molar-refractivity contribution in [2.24, 2.45) is 5.92 Å². The third-order valence-electron chi connectivity index (χ3n) is 7.35. The van der Waals surface area contributed by atoms with Crippen molar-refractivity contribution in [3.05, 3.63) is 66.2 Å². The number of nitrogens with zero attached hydrogens (tertiary/aromatic N) is 4. The minimum atomic E-state index is -0.336. The van der Waals surface area contributed by atoms with Crippen LogP contribution in [0.1, 0.15) is 28.9 Å². The zero-order valence-electron chi connectivity index (χ0n) is 20.4. The van der Waals surface area contributed by atoms with Gasteiger partial charge in [-0.15, -0.1) is 0 Å². The average Bonchev–Trinajstić information content (AvgIpc) is 3.57. The lowest BCUT2D eigenvalue weighted by Gasteiger charge is -2.34. The number of H-pyrrole nitrogens is 1. The Morgan fingerprint density at radius 1 is 1.17 bits per heavy atom. The third kappa shape index (κ3) is 4.62. The van der Waals surface area contributed by atoms with Gasteiger partial charge in [-0.25, -0.2) is 9.78 Å². The van der Waals surface area contributed by atoms with Gasteiger partial charge in [-0.05, 0) is 69.1 Å². The van der Waals surface area contributed by atoms with Gasteiger partial charge in [0.15, 0.2) is 0 Å². The molecule has 2 fully saturated rings. The van der Waals surface area contributed by atoms with Gasteiger partial charge < -0.3 is 15.0 Å². The zero-order chi connectivity index (χ0) is 24.5. The van der Waals surface area contributed by atoms with Crippen LogP contribution in [0.3, 0.4) is 0 Å². The van der Waals surface area contributed by atoms with E-state index in [-0.39, 0.29) is 5.97 Å². The molecule has 0 aliphatic carbocycles. The molecule has 2 N–H and O–H groups in total. The van der Waals surface area contributed by atoms with Gasteiger partial charge >= 0.3 is 5.97 Å². The summed E-state index contributed by atoms with van der Waals surface area (Å²) in [6.07, 6.45) is 5.69. The zero-order valence-corrected chi connectivity index (χ0v) is 20.4. The highest BCUT2D eigenvalue weighted by Gasteiger charge is 2.32. The van der Waals surface area contributed by atoms with Crippen LogP contribution in [0, 0.1) is 12.8 Å². The lowest BCUT2D eigenvalue weighted by Crippen LogP contribution is -2.45. The summed E-state index contributed by atoms with van der Waals surface area (Å²) < 4.78 is 5.62. The highest BCUT2D eigenvalue weighted by molar-refractivity contribution is 5.95. The predicted octanol–water partition coefficient (Wildman–Crippen LogP) is 3.84. The van der Waals surface area contributed by atoms with E-state index in [4.69, 9.17) is 4.74 Å². The van der Waals surface area contributed by atoms with E-state index >= 15 is 0 Å². The minimum Gasteiger partial charge on any atom is -0.461 e. The number of benzene rings is 1. The monoisotopic (exact) mass is 482 g/mol. The van der Waals surface area contributed by atoms with Gasteiger partial charge in [0.25, 0.3) is 0 Å². The molecular weight excluding hydrogens is 452 g/mol. The van der Waals surface area contributed by atoms with Crippen molar-refractivity contribution >= 4 is 16.9 Å². The van der Waals surface area contributed by atoms with Crippen LogP contribution in [0.25, 0.3) is 33.5 Å². The molecule has 0 saturated carbocycles. The van der Waals surface area contributed by atoms with Gasteiger partial charge in [-0.2, -0.15) is 0 Å². The number of hydrogen-bond donors (Lipinski definition) is 2. The second-order valence-electron chi connectivity index (χ2n) is 9.76. The molecule has 184 valence electrons. The summed E-state index contributed by atoms with van der Waals surface area (Å²) in [6.45, 7) is 6.40. The second-order valence-corrected chi connectivity index (χ2v) is 9.76. The van der Waals surface area contributed by atoms with E-state index in [0.29, 0.717) is 18.2 Å². The number of likely N-dealkylation sites (tertiary alicyclic amines) is 1. The molecule has 8 nitrogen and oxygen atoms in total. The first kappa shape index (κ1) is 22.8. The smallest absolute Gasteiger partial charge is 0.339 e. The number of hydrogen-bond acceptors (Lipinski definition) is 7. The maximum absolute atomic E-state index is 12.8. The van der Waals surface area contributed by atoms with Crippen LogP contribution in [0.4, 0.5) is 0 Å². The number of aromatic nitrogens is 4. The van der Waals surface area contributed by atoms with Crippen molar-refractivity contribution in [1.29, 1.82) is 0 Å². The number of rotatable bonds is 6. The highest BCUT2D eigenvalue weighted by Crippen LogP contribution is 2.30. The maximum Gasteiger partial charge on any atom is 0.339 e. The number of imidazole rings is 1. The Bertz CT molecular complexity index is 1400. The van der Waals surface area contributed by atoms with Gasteiger partial charge in [0.2, 0.25) is 0 Å². The van der Waals surface area contributed by atoms with Crippen LogP contribution < -0.4 is 5.32 Å². The Labute approximate surface area is 210 Å². The molecule has 0 amide bonds. The number of pyridine rings is 2. The van der Waals surface area contributed by atoms with Crippen molar-refractivity contribution in [1.82, 2.24) is 30.2 Å². The van der Waals surface area contributed by atoms with Gasteiger partial charge in [-0.3, -0.25) is 14.9 Å².